The number of carbonyl (C=O) groups excluding carboxylic acids is 2. The molecule has 3 aromatic carbocycles. The van der Waals surface area contributed by atoms with Crippen molar-refractivity contribution < 1.29 is 19.1 Å². The smallest absolute Gasteiger partial charge is 0.344 e. The van der Waals surface area contributed by atoms with Gasteiger partial charge in [0.15, 0.2) is 13.2 Å². The highest BCUT2D eigenvalue weighted by atomic mass is 16.6. The van der Waals surface area contributed by atoms with Crippen molar-refractivity contribution in [1.29, 1.82) is 5.26 Å². The molecule has 0 heterocycles. The Morgan fingerprint density at radius 3 is 2.41 bits per heavy atom. The number of nitriles is 1. The van der Waals surface area contributed by atoms with E-state index in [-0.39, 0.29) is 19.6 Å². The zero-order valence-corrected chi connectivity index (χ0v) is 15.8. The van der Waals surface area contributed by atoms with E-state index in [1.807, 2.05) is 48.5 Å². The van der Waals surface area contributed by atoms with E-state index in [1.54, 1.807) is 30.3 Å². The summed E-state index contributed by atoms with van der Waals surface area (Å²) in [6.07, 6.45) is 0.179. The molecule has 0 aromatic heterocycles. The molecule has 0 aliphatic carbocycles. The highest BCUT2D eigenvalue weighted by molar-refractivity contribution is 5.95. The maximum atomic E-state index is 12.5. The molecular formula is C23H20N2O4. The van der Waals surface area contributed by atoms with Gasteiger partial charge in [0.2, 0.25) is 0 Å². The van der Waals surface area contributed by atoms with E-state index in [0.717, 1.165) is 10.8 Å². The molecule has 3 rings (SSSR count). The van der Waals surface area contributed by atoms with Crippen LogP contribution in [-0.4, -0.2) is 31.6 Å². The minimum atomic E-state index is -0.639. The summed E-state index contributed by atoms with van der Waals surface area (Å²) in [5.41, 5.74) is 0.649. The molecule has 0 atom stereocenters. The summed E-state index contributed by atoms with van der Waals surface area (Å²) in [6, 6.07) is 24.2. The van der Waals surface area contributed by atoms with Gasteiger partial charge >= 0.3 is 5.97 Å². The number of rotatable bonds is 8. The van der Waals surface area contributed by atoms with Crippen LogP contribution >= 0.6 is 0 Å². The number of hydrogen-bond acceptors (Lipinski definition) is 5. The van der Waals surface area contributed by atoms with Crippen LogP contribution in [0.25, 0.3) is 10.8 Å². The fourth-order valence-corrected chi connectivity index (χ4v) is 2.89. The van der Waals surface area contributed by atoms with Crippen LogP contribution in [0.1, 0.15) is 6.42 Å². The molecule has 0 unspecified atom stereocenters. The first kappa shape index (κ1) is 19.9. The van der Waals surface area contributed by atoms with Crippen molar-refractivity contribution in [2.75, 3.05) is 24.7 Å². The lowest BCUT2D eigenvalue weighted by molar-refractivity contribution is -0.149. The lowest BCUT2D eigenvalue weighted by atomic mass is 10.1. The molecule has 29 heavy (non-hydrogen) atoms. The summed E-state index contributed by atoms with van der Waals surface area (Å²) in [5.74, 6) is -0.462. The summed E-state index contributed by atoms with van der Waals surface area (Å²) in [5, 5.41) is 10.7. The number of esters is 1. The maximum absolute atomic E-state index is 12.5. The van der Waals surface area contributed by atoms with Crippen molar-refractivity contribution in [3.05, 3.63) is 72.8 Å². The number of para-hydroxylation sites is 1. The van der Waals surface area contributed by atoms with Crippen LogP contribution in [0.4, 0.5) is 5.69 Å². The lowest BCUT2D eigenvalue weighted by Crippen LogP contribution is -2.36. The number of carbonyl (C=O) groups is 2. The number of amides is 1. The van der Waals surface area contributed by atoms with E-state index >= 15 is 0 Å². The summed E-state index contributed by atoms with van der Waals surface area (Å²) >= 11 is 0. The van der Waals surface area contributed by atoms with Crippen LogP contribution in [0.3, 0.4) is 0 Å². The summed E-state index contributed by atoms with van der Waals surface area (Å²) < 4.78 is 10.7. The molecule has 0 radical (unpaired) electrons. The molecule has 0 N–H and O–H groups in total. The molecule has 1 amide bonds. The normalized spacial score (nSPS) is 10.2. The second-order valence-electron chi connectivity index (χ2n) is 6.22. The first-order valence-electron chi connectivity index (χ1n) is 9.17. The van der Waals surface area contributed by atoms with Gasteiger partial charge in [0, 0.05) is 17.6 Å². The Kier molecular flexibility index (Phi) is 6.80. The van der Waals surface area contributed by atoms with Crippen LogP contribution in [-0.2, 0) is 14.3 Å². The van der Waals surface area contributed by atoms with E-state index in [4.69, 9.17) is 14.7 Å². The van der Waals surface area contributed by atoms with Crippen molar-refractivity contribution in [2.45, 2.75) is 6.42 Å². The van der Waals surface area contributed by atoms with E-state index in [9.17, 15) is 9.59 Å². The van der Waals surface area contributed by atoms with E-state index in [0.29, 0.717) is 11.4 Å². The standard InChI is InChI=1S/C23H20N2O4/c24-14-7-15-25(19-10-2-1-3-11-19)22(26)16-29-23(27)17-28-21-13-6-9-18-8-4-5-12-20(18)21/h1-6,8-13H,7,15-17H2. The van der Waals surface area contributed by atoms with Gasteiger partial charge in [0.05, 0.1) is 12.5 Å². The van der Waals surface area contributed by atoms with E-state index in [2.05, 4.69) is 0 Å². The Bertz CT molecular complexity index is 1020. The second kappa shape index (κ2) is 9.90. The summed E-state index contributed by atoms with van der Waals surface area (Å²) in [4.78, 5) is 26.0. The molecule has 6 heteroatoms. The lowest BCUT2D eigenvalue weighted by Gasteiger charge is -2.21. The van der Waals surface area contributed by atoms with Crippen LogP contribution in [0.2, 0.25) is 0 Å². The summed E-state index contributed by atoms with van der Waals surface area (Å²) in [7, 11) is 0. The van der Waals surface area contributed by atoms with Gasteiger partial charge in [-0.15, -0.1) is 0 Å². The van der Waals surface area contributed by atoms with Gasteiger partial charge in [0.25, 0.3) is 5.91 Å². The third-order valence-corrected chi connectivity index (χ3v) is 4.27. The molecule has 0 aliphatic heterocycles. The number of ether oxygens (including phenoxy) is 2. The number of fused-ring (bicyclic) bond motifs is 1. The zero-order valence-electron chi connectivity index (χ0n) is 15.8. The van der Waals surface area contributed by atoms with Crippen LogP contribution in [0.15, 0.2) is 72.8 Å². The van der Waals surface area contributed by atoms with E-state index < -0.39 is 18.5 Å². The molecule has 0 bridgehead atoms. The van der Waals surface area contributed by atoms with Gasteiger partial charge in [0.1, 0.15) is 5.75 Å². The second-order valence-corrected chi connectivity index (χ2v) is 6.22. The summed E-state index contributed by atoms with van der Waals surface area (Å²) in [6.45, 7) is -0.494. The van der Waals surface area contributed by atoms with Crippen LogP contribution in [0.5, 0.6) is 5.75 Å². The molecule has 0 spiro atoms. The molecule has 146 valence electrons. The highest BCUT2D eigenvalue weighted by Crippen LogP contribution is 2.25. The largest absolute Gasteiger partial charge is 0.481 e. The Balaban J connectivity index is 1.56. The fraction of sp³-hybridized carbons (Fsp3) is 0.174. The average Bonchev–Trinajstić information content (AvgIpc) is 2.77. The van der Waals surface area contributed by atoms with Crippen molar-refractivity contribution in [3.63, 3.8) is 0 Å². The molecule has 0 fully saturated rings. The number of nitrogens with zero attached hydrogens (tertiary/aromatic N) is 2. The number of benzene rings is 3. The first-order chi connectivity index (χ1) is 14.2. The van der Waals surface area contributed by atoms with Gasteiger partial charge < -0.3 is 14.4 Å². The van der Waals surface area contributed by atoms with Gasteiger partial charge in [-0.2, -0.15) is 5.26 Å². The van der Waals surface area contributed by atoms with Gasteiger partial charge in [-0.1, -0.05) is 54.6 Å². The number of hydrogen-bond donors (Lipinski definition) is 0. The quantitative estimate of drug-likeness (QED) is 0.550. The molecule has 0 aliphatic rings. The average molecular weight is 388 g/mol. The molecule has 0 saturated heterocycles. The molecular weight excluding hydrogens is 368 g/mol. The van der Waals surface area contributed by atoms with Crippen molar-refractivity contribution in [2.24, 2.45) is 0 Å². The predicted molar refractivity (Wildman–Crippen MR) is 109 cm³/mol. The van der Waals surface area contributed by atoms with Crippen LogP contribution in [0, 0.1) is 11.3 Å². The zero-order chi connectivity index (χ0) is 20.5. The van der Waals surface area contributed by atoms with E-state index in [1.165, 1.54) is 4.90 Å². The fourth-order valence-electron chi connectivity index (χ4n) is 2.89. The Morgan fingerprint density at radius 2 is 1.62 bits per heavy atom. The maximum Gasteiger partial charge on any atom is 0.344 e. The van der Waals surface area contributed by atoms with Crippen molar-refractivity contribution in [1.82, 2.24) is 0 Å². The number of anilines is 1. The Hall–Kier alpha value is -3.85. The van der Waals surface area contributed by atoms with Gasteiger partial charge in [-0.25, -0.2) is 4.79 Å². The SMILES string of the molecule is N#CCCN(C(=O)COC(=O)COc1cccc2ccccc12)c1ccccc1. The third kappa shape index (κ3) is 5.33. The minimum absolute atomic E-state index is 0.179. The minimum Gasteiger partial charge on any atom is -0.481 e. The third-order valence-electron chi connectivity index (χ3n) is 4.27. The Morgan fingerprint density at radius 1 is 0.897 bits per heavy atom. The van der Waals surface area contributed by atoms with Crippen molar-refractivity contribution >= 4 is 28.3 Å². The molecule has 0 saturated carbocycles. The predicted octanol–water partition coefficient (Wildman–Crippen LogP) is 3.71. The molecule has 3 aromatic rings. The van der Waals surface area contributed by atoms with Gasteiger partial charge in [-0.05, 0) is 23.6 Å². The monoisotopic (exact) mass is 388 g/mol. The topological polar surface area (TPSA) is 79.6 Å². The first-order valence-corrected chi connectivity index (χ1v) is 9.17. The highest BCUT2D eigenvalue weighted by Gasteiger charge is 2.17. The van der Waals surface area contributed by atoms with Crippen LogP contribution < -0.4 is 9.64 Å². The van der Waals surface area contributed by atoms with Gasteiger partial charge in [-0.3, -0.25) is 4.79 Å². The molecule has 6 nitrogen and oxygen atoms in total. The van der Waals surface area contributed by atoms with Crippen molar-refractivity contribution in [3.8, 4) is 11.8 Å². The Labute approximate surface area is 168 Å².